The lowest BCUT2D eigenvalue weighted by molar-refractivity contribution is -0.130. The number of hydrogen-bond acceptors (Lipinski definition) is 2. The molecule has 0 N–H and O–H groups in total. The molecule has 0 aromatic heterocycles. The average molecular weight is 343 g/mol. The molecule has 0 atom stereocenters. The van der Waals surface area contributed by atoms with Crippen LogP contribution in [0.3, 0.4) is 0 Å². The van der Waals surface area contributed by atoms with Gasteiger partial charge in [-0.25, -0.2) is 0 Å². The van der Waals surface area contributed by atoms with Crippen molar-refractivity contribution in [1.29, 1.82) is 0 Å². The second-order valence-electron chi connectivity index (χ2n) is 6.46. The van der Waals surface area contributed by atoms with Crippen LogP contribution in [0, 0.1) is 13.8 Å². The van der Waals surface area contributed by atoms with E-state index in [4.69, 9.17) is 11.6 Å². The number of anilines is 1. The number of halogens is 1. The Labute approximate surface area is 148 Å². The molecule has 1 saturated heterocycles. The Morgan fingerprint density at radius 3 is 2.29 bits per heavy atom. The van der Waals surface area contributed by atoms with E-state index in [9.17, 15) is 4.79 Å². The molecule has 0 spiro atoms. The van der Waals surface area contributed by atoms with Gasteiger partial charge in [0.1, 0.15) is 0 Å². The zero-order valence-electron chi connectivity index (χ0n) is 14.3. The molecule has 3 nitrogen and oxygen atoms in total. The quantitative estimate of drug-likeness (QED) is 0.846. The molecule has 126 valence electrons. The first kappa shape index (κ1) is 16.8. The highest BCUT2D eigenvalue weighted by Crippen LogP contribution is 2.24. The normalized spacial score (nSPS) is 14.8. The summed E-state index contributed by atoms with van der Waals surface area (Å²) in [5, 5.41) is 0.797. The van der Waals surface area contributed by atoms with Crippen molar-refractivity contribution in [3.63, 3.8) is 0 Å². The number of carbonyl (C=O) groups is 1. The third-order valence-electron chi connectivity index (χ3n) is 4.63. The summed E-state index contributed by atoms with van der Waals surface area (Å²) in [5.41, 5.74) is 4.53. The van der Waals surface area contributed by atoms with Crippen molar-refractivity contribution in [2.45, 2.75) is 20.3 Å². The predicted molar refractivity (Wildman–Crippen MR) is 99.9 cm³/mol. The molecule has 3 rings (SSSR count). The first-order valence-electron chi connectivity index (χ1n) is 8.37. The number of piperazine rings is 1. The number of amides is 1. The Morgan fingerprint density at radius 1 is 1.00 bits per heavy atom. The third-order valence-corrected chi connectivity index (χ3v) is 5.04. The minimum atomic E-state index is 0.209. The van der Waals surface area contributed by atoms with Gasteiger partial charge in [0, 0.05) is 36.9 Å². The fourth-order valence-corrected chi connectivity index (χ4v) is 3.16. The second kappa shape index (κ2) is 7.27. The molecule has 0 bridgehead atoms. The van der Waals surface area contributed by atoms with E-state index >= 15 is 0 Å². The van der Waals surface area contributed by atoms with Gasteiger partial charge in [0.2, 0.25) is 5.91 Å². The monoisotopic (exact) mass is 342 g/mol. The Bertz CT molecular complexity index is 719. The van der Waals surface area contributed by atoms with Crippen molar-refractivity contribution in [3.05, 3.63) is 64.2 Å². The van der Waals surface area contributed by atoms with E-state index in [1.807, 2.05) is 36.1 Å². The van der Waals surface area contributed by atoms with Crippen LogP contribution in [0.5, 0.6) is 0 Å². The molecule has 24 heavy (non-hydrogen) atoms. The van der Waals surface area contributed by atoms with Crippen molar-refractivity contribution in [3.8, 4) is 0 Å². The van der Waals surface area contributed by atoms with E-state index in [-0.39, 0.29) is 5.91 Å². The van der Waals surface area contributed by atoms with E-state index < -0.39 is 0 Å². The van der Waals surface area contributed by atoms with E-state index in [0.29, 0.717) is 6.42 Å². The predicted octanol–water partition coefficient (Wildman–Crippen LogP) is 3.85. The molecule has 1 aliphatic heterocycles. The standard InChI is InChI=1S/C20H23ClN2O/c1-15-3-6-17(7-4-15)13-20(24)23-11-9-22(10-12-23)18-8-5-16(2)19(21)14-18/h3-8,14H,9-13H2,1-2H3. The van der Waals surface area contributed by atoms with Gasteiger partial charge >= 0.3 is 0 Å². The molecule has 1 amide bonds. The van der Waals surface area contributed by atoms with Crippen LogP contribution in [0.25, 0.3) is 0 Å². The molecular formula is C20H23ClN2O. The van der Waals surface area contributed by atoms with Crippen LogP contribution < -0.4 is 4.90 Å². The lowest BCUT2D eigenvalue weighted by Gasteiger charge is -2.36. The molecule has 0 aliphatic carbocycles. The first-order valence-corrected chi connectivity index (χ1v) is 8.75. The highest BCUT2D eigenvalue weighted by molar-refractivity contribution is 6.31. The zero-order valence-corrected chi connectivity index (χ0v) is 15.0. The van der Waals surface area contributed by atoms with Crippen molar-refractivity contribution in [2.24, 2.45) is 0 Å². The van der Waals surface area contributed by atoms with Gasteiger partial charge in [-0.2, -0.15) is 0 Å². The van der Waals surface area contributed by atoms with Crippen molar-refractivity contribution in [2.75, 3.05) is 31.1 Å². The Hall–Kier alpha value is -2.00. The van der Waals surface area contributed by atoms with Crippen LogP contribution >= 0.6 is 11.6 Å². The van der Waals surface area contributed by atoms with Crippen LogP contribution in [-0.2, 0) is 11.2 Å². The molecule has 2 aromatic carbocycles. The van der Waals surface area contributed by atoms with E-state index in [0.717, 1.165) is 48.0 Å². The van der Waals surface area contributed by atoms with Crippen LogP contribution in [0.4, 0.5) is 5.69 Å². The Balaban J connectivity index is 1.57. The lowest BCUT2D eigenvalue weighted by Crippen LogP contribution is -2.49. The van der Waals surface area contributed by atoms with E-state index in [1.54, 1.807) is 0 Å². The summed E-state index contributed by atoms with van der Waals surface area (Å²) in [7, 11) is 0. The molecule has 1 fully saturated rings. The molecule has 1 heterocycles. The molecular weight excluding hydrogens is 320 g/mol. The first-order chi connectivity index (χ1) is 11.5. The van der Waals surface area contributed by atoms with Gasteiger partial charge in [-0.05, 0) is 37.1 Å². The summed E-state index contributed by atoms with van der Waals surface area (Å²) < 4.78 is 0. The molecule has 0 radical (unpaired) electrons. The summed E-state index contributed by atoms with van der Waals surface area (Å²) in [4.78, 5) is 16.7. The summed E-state index contributed by atoms with van der Waals surface area (Å²) in [6, 6.07) is 14.4. The average Bonchev–Trinajstić information content (AvgIpc) is 2.59. The molecule has 0 saturated carbocycles. The van der Waals surface area contributed by atoms with Crippen LogP contribution in [0.15, 0.2) is 42.5 Å². The smallest absolute Gasteiger partial charge is 0.227 e. The number of nitrogens with zero attached hydrogens (tertiary/aromatic N) is 2. The summed E-state index contributed by atoms with van der Waals surface area (Å²) in [6.45, 7) is 7.28. The number of hydrogen-bond donors (Lipinski definition) is 0. The number of aryl methyl sites for hydroxylation is 2. The minimum Gasteiger partial charge on any atom is -0.368 e. The summed E-state index contributed by atoms with van der Waals surface area (Å²) >= 11 is 6.22. The van der Waals surface area contributed by atoms with Gasteiger partial charge in [-0.1, -0.05) is 47.5 Å². The van der Waals surface area contributed by atoms with Crippen molar-refractivity contribution < 1.29 is 4.79 Å². The van der Waals surface area contributed by atoms with Gasteiger partial charge in [0.05, 0.1) is 6.42 Å². The molecule has 2 aromatic rings. The summed E-state index contributed by atoms with van der Waals surface area (Å²) in [6.07, 6.45) is 0.483. The van der Waals surface area contributed by atoms with Gasteiger partial charge < -0.3 is 9.80 Å². The van der Waals surface area contributed by atoms with Gasteiger partial charge in [-0.3, -0.25) is 4.79 Å². The van der Waals surface area contributed by atoms with Crippen LogP contribution in [0.1, 0.15) is 16.7 Å². The van der Waals surface area contributed by atoms with Crippen LogP contribution in [-0.4, -0.2) is 37.0 Å². The number of rotatable bonds is 3. The van der Waals surface area contributed by atoms with Crippen molar-refractivity contribution in [1.82, 2.24) is 4.90 Å². The van der Waals surface area contributed by atoms with Gasteiger partial charge in [0.15, 0.2) is 0 Å². The molecule has 1 aliphatic rings. The van der Waals surface area contributed by atoms with Crippen LogP contribution in [0.2, 0.25) is 5.02 Å². The Morgan fingerprint density at radius 2 is 1.67 bits per heavy atom. The van der Waals surface area contributed by atoms with E-state index in [1.165, 1.54) is 5.56 Å². The SMILES string of the molecule is Cc1ccc(CC(=O)N2CCN(c3ccc(C)c(Cl)c3)CC2)cc1. The fraction of sp³-hybridized carbons (Fsp3) is 0.350. The second-order valence-corrected chi connectivity index (χ2v) is 6.87. The topological polar surface area (TPSA) is 23.6 Å². The third kappa shape index (κ3) is 3.90. The maximum absolute atomic E-state index is 12.5. The van der Waals surface area contributed by atoms with E-state index in [2.05, 4.69) is 30.0 Å². The van der Waals surface area contributed by atoms with Gasteiger partial charge in [0.25, 0.3) is 0 Å². The van der Waals surface area contributed by atoms with Crippen molar-refractivity contribution >= 4 is 23.2 Å². The number of benzene rings is 2. The minimum absolute atomic E-state index is 0.209. The summed E-state index contributed by atoms with van der Waals surface area (Å²) in [5.74, 6) is 0.209. The Kier molecular flexibility index (Phi) is 5.10. The highest BCUT2D eigenvalue weighted by Gasteiger charge is 2.21. The van der Waals surface area contributed by atoms with Gasteiger partial charge in [-0.15, -0.1) is 0 Å². The fourth-order valence-electron chi connectivity index (χ4n) is 2.98. The maximum Gasteiger partial charge on any atom is 0.227 e. The highest BCUT2D eigenvalue weighted by atomic mass is 35.5. The number of carbonyl (C=O) groups excluding carboxylic acids is 1. The molecule has 0 unspecified atom stereocenters. The molecule has 4 heteroatoms. The zero-order chi connectivity index (χ0) is 17.1. The lowest BCUT2D eigenvalue weighted by atomic mass is 10.1. The maximum atomic E-state index is 12.5. The largest absolute Gasteiger partial charge is 0.368 e.